The van der Waals surface area contributed by atoms with Gasteiger partial charge in [0.15, 0.2) is 0 Å². The van der Waals surface area contributed by atoms with Crippen molar-refractivity contribution in [2.45, 2.75) is 12.3 Å². The first-order chi connectivity index (χ1) is 14.7. The zero-order valence-electron chi connectivity index (χ0n) is 15.8. The van der Waals surface area contributed by atoms with Crippen LogP contribution in [0, 0.1) is 0 Å². The maximum Gasteiger partial charge on any atom is 0.433 e. The highest BCUT2D eigenvalue weighted by Crippen LogP contribution is 2.38. The van der Waals surface area contributed by atoms with E-state index in [0.29, 0.717) is 31.8 Å². The van der Waals surface area contributed by atoms with E-state index in [1.165, 1.54) is 24.3 Å². The molecule has 11 heteroatoms. The lowest BCUT2D eigenvalue weighted by atomic mass is 10.0. The highest BCUT2D eigenvalue weighted by Gasteiger charge is 2.33. The Balaban J connectivity index is 1.71. The number of nitrogens with zero attached hydrogens (tertiary/aromatic N) is 2. The molecule has 1 aliphatic heterocycles. The second kappa shape index (κ2) is 8.31. The summed E-state index contributed by atoms with van der Waals surface area (Å²) < 4.78 is 44.0. The number of morpholine rings is 1. The van der Waals surface area contributed by atoms with Crippen LogP contribution in [0.5, 0.6) is 0 Å². The zero-order chi connectivity index (χ0) is 22.3. The number of hydrogen-bond acceptors (Lipinski definition) is 4. The molecule has 2 N–H and O–H groups in total. The molecule has 6 nitrogen and oxygen atoms in total. The molecule has 31 heavy (non-hydrogen) atoms. The molecular weight excluding hydrogens is 458 g/mol. The minimum absolute atomic E-state index is 0.0247. The number of alkyl halides is 3. The molecule has 1 amide bonds. The molecule has 1 aromatic carbocycles. The van der Waals surface area contributed by atoms with Crippen molar-refractivity contribution in [2.75, 3.05) is 26.3 Å². The van der Waals surface area contributed by atoms with Crippen molar-refractivity contribution in [3.8, 4) is 0 Å². The Hall–Kier alpha value is -2.33. The van der Waals surface area contributed by atoms with E-state index in [9.17, 15) is 23.1 Å². The SMILES string of the molecule is O=C(c1ccc(Cl)c(C(O)c2cc3nc(C(F)(F)F)ccc3[nH]2)c1Cl)N1CCOCC1. The standard InChI is InChI=1S/C20H16Cl2F3N3O3/c21-11-2-1-10(19(30)28-5-7-31-8-6-28)17(22)16(11)18(29)14-9-13-12(26-14)3-4-15(27-13)20(23,24)25/h1-4,9,18,26,29H,5-8H2. The molecule has 1 unspecified atom stereocenters. The van der Waals surface area contributed by atoms with Crippen molar-refractivity contribution in [2.24, 2.45) is 0 Å². The van der Waals surface area contributed by atoms with E-state index < -0.39 is 18.0 Å². The van der Waals surface area contributed by atoms with E-state index in [2.05, 4.69) is 9.97 Å². The van der Waals surface area contributed by atoms with Crippen LogP contribution < -0.4 is 0 Å². The number of carbonyl (C=O) groups excluding carboxylic acids is 1. The van der Waals surface area contributed by atoms with Crippen molar-refractivity contribution in [1.29, 1.82) is 0 Å². The second-order valence-electron chi connectivity index (χ2n) is 6.98. The van der Waals surface area contributed by atoms with E-state index in [1.807, 2.05) is 0 Å². The van der Waals surface area contributed by atoms with Gasteiger partial charge in [0.25, 0.3) is 5.91 Å². The lowest BCUT2D eigenvalue weighted by Gasteiger charge is -2.27. The lowest BCUT2D eigenvalue weighted by molar-refractivity contribution is -0.140. The van der Waals surface area contributed by atoms with E-state index in [0.717, 1.165) is 6.07 Å². The smallest absolute Gasteiger partial charge is 0.382 e. The van der Waals surface area contributed by atoms with Gasteiger partial charge < -0.3 is 19.7 Å². The quantitative estimate of drug-likeness (QED) is 0.589. The number of H-pyrrole nitrogens is 1. The number of aliphatic hydroxyl groups excluding tert-OH is 1. The summed E-state index contributed by atoms with van der Waals surface area (Å²) in [6.45, 7) is 1.64. The van der Waals surface area contributed by atoms with Crippen LogP contribution in [0.25, 0.3) is 11.0 Å². The van der Waals surface area contributed by atoms with Gasteiger partial charge in [-0.15, -0.1) is 0 Å². The molecule has 1 aliphatic rings. The molecule has 0 aliphatic carbocycles. The monoisotopic (exact) mass is 473 g/mol. The fraction of sp³-hybridized carbons (Fsp3) is 0.300. The van der Waals surface area contributed by atoms with Crippen LogP contribution >= 0.6 is 23.2 Å². The molecular formula is C20H16Cl2F3N3O3. The number of ether oxygens (including phenoxy) is 1. The zero-order valence-corrected chi connectivity index (χ0v) is 17.4. The summed E-state index contributed by atoms with van der Waals surface area (Å²) in [6.07, 6.45) is -6.01. The van der Waals surface area contributed by atoms with Gasteiger partial charge in [-0.2, -0.15) is 13.2 Å². The molecule has 2 aromatic heterocycles. The topological polar surface area (TPSA) is 78.4 Å². The van der Waals surface area contributed by atoms with Gasteiger partial charge >= 0.3 is 6.18 Å². The van der Waals surface area contributed by atoms with E-state index >= 15 is 0 Å². The number of aliphatic hydroxyl groups is 1. The summed E-state index contributed by atoms with van der Waals surface area (Å²) in [5.41, 5.74) is -0.344. The van der Waals surface area contributed by atoms with Crippen LogP contribution in [0.3, 0.4) is 0 Å². The highest BCUT2D eigenvalue weighted by atomic mass is 35.5. The number of benzene rings is 1. The van der Waals surface area contributed by atoms with Crippen LogP contribution in [0.15, 0.2) is 30.3 Å². The van der Waals surface area contributed by atoms with Gasteiger partial charge in [-0.1, -0.05) is 23.2 Å². The number of amides is 1. The van der Waals surface area contributed by atoms with E-state index in [-0.39, 0.29) is 38.3 Å². The molecule has 164 valence electrons. The van der Waals surface area contributed by atoms with Crippen molar-refractivity contribution < 1.29 is 27.8 Å². The van der Waals surface area contributed by atoms with Crippen molar-refractivity contribution in [1.82, 2.24) is 14.9 Å². The normalized spacial score (nSPS) is 16.0. The third-order valence-corrected chi connectivity index (χ3v) is 5.75. The van der Waals surface area contributed by atoms with E-state index in [4.69, 9.17) is 27.9 Å². The van der Waals surface area contributed by atoms with Crippen LogP contribution in [0.2, 0.25) is 10.0 Å². The first-order valence-corrected chi connectivity index (χ1v) is 10.0. The third-order valence-electron chi connectivity index (χ3n) is 5.01. The maximum absolute atomic E-state index is 12.9. The van der Waals surface area contributed by atoms with Crippen LogP contribution in [0.4, 0.5) is 13.2 Å². The molecule has 0 bridgehead atoms. The molecule has 0 spiro atoms. The van der Waals surface area contributed by atoms with Crippen molar-refractivity contribution in [3.05, 3.63) is 62.9 Å². The molecule has 0 radical (unpaired) electrons. The molecule has 3 heterocycles. The third kappa shape index (κ3) is 4.23. The fourth-order valence-corrected chi connectivity index (χ4v) is 4.07. The Morgan fingerprint density at radius 2 is 1.90 bits per heavy atom. The molecule has 1 saturated heterocycles. The van der Waals surface area contributed by atoms with Crippen LogP contribution in [0.1, 0.15) is 33.4 Å². The molecule has 0 saturated carbocycles. The predicted octanol–water partition coefficient (Wildman–Crippen LogP) is 4.44. The molecule has 1 fully saturated rings. The van der Waals surface area contributed by atoms with Gasteiger partial charge in [-0.25, -0.2) is 4.98 Å². The highest BCUT2D eigenvalue weighted by molar-refractivity contribution is 6.38. The average molecular weight is 474 g/mol. The summed E-state index contributed by atoms with van der Waals surface area (Å²) in [4.78, 5) is 20.9. The van der Waals surface area contributed by atoms with Gasteiger partial charge in [0, 0.05) is 23.7 Å². The van der Waals surface area contributed by atoms with Gasteiger partial charge in [-0.3, -0.25) is 4.79 Å². The van der Waals surface area contributed by atoms with Crippen LogP contribution in [-0.2, 0) is 10.9 Å². The number of nitrogens with one attached hydrogen (secondary N) is 1. The number of rotatable bonds is 3. The van der Waals surface area contributed by atoms with Crippen molar-refractivity contribution >= 4 is 40.1 Å². The summed E-state index contributed by atoms with van der Waals surface area (Å²) in [5, 5.41) is 11.0. The summed E-state index contributed by atoms with van der Waals surface area (Å²) in [5.74, 6) is -0.327. The minimum atomic E-state index is -4.59. The van der Waals surface area contributed by atoms with Gasteiger partial charge in [0.05, 0.1) is 40.5 Å². The number of fused-ring (bicyclic) bond motifs is 1. The van der Waals surface area contributed by atoms with Gasteiger partial charge in [0.1, 0.15) is 11.8 Å². The first kappa shape index (κ1) is 21.9. The van der Waals surface area contributed by atoms with E-state index in [1.54, 1.807) is 4.90 Å². The average Bonchev–Trinajstić information content (AvgIpc) is 3.17. The van der Waals surface area contributed by atoms with Gasteiger partial charge in [0.2, 0.25) is 0 Å². The molecule has 3 aromatic rings. The number of halogens is 5. The Morgan fingerprint density at radius 3 is 2.58 bits per heavy atom. The summed E-state index contributed by atoms with van der Waals surface area (Å²) in [7, 11) is 0. The number of hydrogen-bond donors (Lipinski definition) is 2. The van der Waals surface area contributed by atoms with Gasteiger partial charge in [-0.05, 0) is 30.3 Å². The number of carbonyl (C=O) groups is 1. The summed E-state index contributed by atoms with van der Waals surface area (Å²) >= 11 is 12.7. The Kier molecular flexibility index (Phi) is 5.87. The number of pyridine rings is 1. The summed E-state index contributed by atoms with van der Waals surface area (Å²) in [6, 6.07) is 6.28. The second-order valence-corrected chi connectivity index (χ2v) is 7.77. The Bertz CT molecular complexity index is 1140. The first-order valence-electron chi connectivity index (χ1n) is 9.26. The Morgan fingerprint density at radius 1 is 1.19 bits per heavy atom. The lowest BCUT2D eigenvalue weighted by Crippen LogP contribution is -2.40. The molecule has 4 rings (SSSR count). The van der Waals surface area contributed by atoms with Crippen LogP contribution in [-0.4, -0.2) is 52.2 Å². The maximum atomic E-state index is 12.9. The number of aromatic amines is 1. The number of aromatic nitrogens is 2. The fourth-order valence-electron chi connectivity index (χ4n) is 3.41. The molecule has 1 atom stereocenters. The van der Waals surface area contributed by atoms with Crippen molar-refractivity contribution in [3.63, 3.8) is 0 Å². The minimum Gasteiger partial charge on any atom is -0.382 e. The predicted molar refractivity (Wildman–Crippen MR) is 108 cm³/mol. The Labute approximate surface area is 184 Å². The largest absolute Gasteiger partial charge is 0.433 e.